The summed E-state index contributed by atoms with van der Waals surface area (Å²) in [5.74, 6) is 0.404. The van der Waals surface area contributed by atoms with Gasteiger partial charge in [0.15, 0.2) is 0 Å². The standard InChI is InChI=1S/C12H14N4O/c13-11(17)8-4-3-5-9-10(8)15-12(14-9)16-6-1-2-7-16/h3-5H,1-2,6-7H2,(H2,13,17)(H,14,15). The molecule has 1 aliphatic heterocycles. The number of nitrogens with zero attached hydrogens (tertiary/aromatic N) is 2. The lowest BCUT2D eigenvalue weighted by atomic mass is 10.2. The summed E-state index contributed by atoms with van der Waals surface area (Å²) in [4.78, 5) is 21.2. The molecule has 1 aromatic carbocycles. The van der Waals surface area contributed by atoms with Crippen LogP contribution < -0.4 is 10.6 Å². The van der Waals surface area contributed by atoms with Crippen LogP contribution in [0.25, 0.3) is 11.0 Å². The first-order chi connectivity index (χ1) is 8.25. The van der Waals surface area contributed by atoms with Gasteiger partial charge in [-0.3, -0.25) is 4.79 Å². The summed E-state index contributed by atoms with van der Waals surface area (Å²) in [6.45, 7) is 2.04. The van der Waals surface area contributed by atoms with Crippen molar-refractivity contribution in [2.24, 2.45) is 5.73 Å². The molecule has 0 radical (unpaired) electrons. The van der Waals surface area contributed by atoms with Crippen LogP contribution in [0.3, 0.4) is 0 Å². The number of anilines is 1. The van der Waals surface area contributed by atoms with Gasteiger partial charge >= 0.3 is 0 Å². The highest BCUT2D eigenvalue weighted by atomic mass is 16.1. The summed E-state index contributed by atoms with van der Waals surface area (Å²) >= 11 is 0. The minimum Gasteiger partial charge on any atom is -0.366 e. The fourth-order valence-corrected chi connectivity index (χ4v) is 2.30. The van der Waals surface area contributed by atoms with Crippen molar-refractivity contribution in [2.75, 3.05) is 18.0 Å². The number of hydrogen-bond acceptors (Lipinski definition) is 3. The lowest BCUT2D eigenvalue weighted by molar-refractivity contribution is 0.100. The smallest absolute Gasteiger partial charge is 0.250 e. The van der Waals surface area contributed by atoms with Gasteiger partial charge in [-0.15, -0.1) is 0 Å². The average Bonchev–Trinajstić information content (AvgIpc) is 2.96. The summed E-state index contributed by atoms with van der Waals surface area (Å²) in [6.07, 6.45) is 2.39. The van der Waals surface area contributed by atoms with Crippen LogP contribution in [0.1, 0.15) is 23.2 Å². The zero-order chi connectivity index (χ0) is 11.8. The fraction of sp³-hybridized carbons (Fsp3) is 0.333. The van der Waals surface area contributed by atoms with E-state index in [1.165, 1.54) is 12.8 Å². The number of aromatic nitrogens is 2. The number of benzene rings is 1. The van der Waals surface area contributed by atoms with Gasteiger partial charge in [-0.05, 0) is 25.0 Å². The summed E-state index contributed by atoms with van der Waals surface area (Å²) in [5.41, 5.74) is 7.34. The Morgan fingerprint density at radius 1 is 1.35 bits per heavy atom. The summed E-state index contributed by atoms with van der Waals surface area (Å²) in [6, 6.07) is 5.43. The molecule has 3 N–H and O–H groups in total. The van der Waals surface area contributed by atoms with Gasteiger partial charge in [0.2, 0.25) is 5.95 Å². The number of fused-ring (bicyclic) bond motifs is 1. The Balaban J connectivity index is 2.11. The Morgan fingerprint density at radius 3 is 2.82 bits per heavy atom. The van der Waals surface area contributed by atoms with Crippen molar-refractivity contribution >= 4 is 22.9 Å². The highest BCUT2D eigenvalue weighted by Gasteiger charge is 2.17. The van der Waals surface area contributed by atoms with Crippen LogP contribution in [0.15, 0.2) is 18.2 Å². The van der Waals surface area contributed by atoms with Gasteiger partial charge in [0.05, 0.1) is 11.1 Å². The maximum Gasteiger partial charge on any atom is 0.250 e. The first-order valence-corrected chi connectivity index (χ1v) is 5.79. The number of hydrogen-bond donors (Lipinski definition) is 2. The Morgan fingerprint density at radius 2 is 2.12 bits per heavy atom. The van der Waals surface area contributed by atoms with Gasteiger partial charge in [0.1, 0.15) is 5.52 Å². The molecule has 1 aliphatic rings. The van der Waals surface area contributed by atoms with E-state index in [9.17, 15) is 4.79 Å². The van der Waals surface area contributed by atoms with Crippen molar-refractivity contribution in [3.05, 3.63) is 23.8 Å². The molecule has 1 saturated heterocycles. The van der Waals surface area contributed by atoms with E-state index in [1.54, 1.807) is 6.07 Å². The number of aromatic amines is 1. The first kappa shape index (κ1) is 10.1. The van der Waals surface area contributed by atoms with Gasteiger partial charge in [-0.2, -0.15) is 0 Å². The molecular formula is C12H14N4O. The largest absolute Gasteiger partial charge is 0.366 e. The quantitative estimate of drug-likeness (QED) is 0.815. The summed E-state index contributed by atoms with van der Waals surface area (Å²) < 4.78 is 0. The van der Waals surface area contributed by atoms with Gasteiger partial charge in [0, 0.05) is 13.1 Å². The minimum absolute atomic E-state index is 0.435. The lowest BCUT2D eigenvalue weighted by Gasteiger charge is -2.12. The third kappa shape index (κ3) is 1.63. The molecule has 88 valence electrons. The Hall–Kier alpha value is -2.04. The molecular weight excluding hydrogens is 216 g/mol. The van der Waals surface area contributed by atoms with Gasteiger partial charge < -0.3 is 15.6 Å². The van der Waals surface area contributed by atoms with Crippen molar-refractivity contribution in [3.63, 3.8) is 0 Å². The molecule has 0 unspecified atom stereocenters. The third-order valence-electron chi connectivity index (χ3n) is 3.17. The Labute approximate surface area is 98.6 Å². The molecule has 0 spiro atoms. The van der Waals surface area contributed by atoms with Crippen molar-refractivity contribution in [3.8, 4) is 0 Å². The van der Waals surface area contributed by atoms with E-state index in [0.717, 1.165) is 24.6 Å². The fourth-order valence-electron chi connectivity index (χ4n) is 2.30. The van der Waals surface area contributed by atoms with E-state index in [2.05, 4.69) is 14.9 Å². The van der Waals surface area contributed by atoms with Gasteiger partial charge in [-0.25, -0.2) is 4.98 Å². The molecule has 1 aromatic heterocycles. The third-order valence-corrected chi connectivity index (χ3v) is 3.17. The van der Waals surface area contributed by atoms with E-state index in [1.807, 2.05) is 12.1 Å². The SMILES string of the molecule is NC(=O)c1cccc2[nH]c(N3CCCC3)nc12. The van der Waals surface area contributed by atoms with E-state index in [0.29, 0.717) is 11.1 Å². The normalized spacial score (nSPS) is 15.6. The van der Waals surface area contributed by atoms with Crippen molar-refractivity contribution < 1.29 is 4.79 Å². The van der Waals surface area contributed by atoms with Crippen LogP contribution in [-0.4, -0.2) is 29.0 Å². The molecule has 2 heterocycles. The van der Waals surface area contributed by atoms with Crippen molar-refractivity contribution in [1.29, 1.82) is 0 Å². The second-order valence-corrected chi connectivity index (χ2v) is 4.32. The van der Waals surface area contributed by atoms with Gasteiger partial charge in [0.25, 0.3) is 5.91 Å². The molecule has 0 aliphatic carbocycles. The average molecular weight is 230 g/mol. The number of carbonyl (C=O) groups excluding carboxylic acids is 1. The monoisotopic (exact) mass is 230 g/mol. The number of H-pyrrole nitrogens is 1. The zero-order valence-electron chi connectivity index (χ0n) is 9.44. The topological polar surface area (TPSA) is 75.0 Å². The number of imidazole rings is 1. The van der Waals surface area contributed by atoms with Gasteiger partial charge in [-0.1, -0.05) is 6.07 Å². The maximum absolute atomic E-state index is 11.3. The molecule has 2 aromatic rings. The Kier molecular flexibility index (Phi) is 2.24. The predicted octanol–water partition coefficient (Wildman–Crippen LogP) is 1.26. The molecule has 0 saturated carbocycles. The molecule has 5 heteroatoms. The van der Waals surface area contributed by atoms with E-state index >= 15 is 0 Å². The van der Waals surface area contributed by atoms with Crippen LogP contribution in [0.2, 0.25) is 0 Å². The number of amides is 1. The van der Waals surface area contributed by atoms with E-state index < -0.39 is 5.91 Å². The van der Waals surface area contributed by atoms with Crippen LogP contribution in [-0.2, 0) is 0 Å². The molecule has 1 amide bonds. The summed E-state index contributed by atoms with van der Waals surface area (Å²) in [7, 11) is 0. The molecule has 0 atom stereocenters. The van der Waals surface area contributed by atoms with Crippen LogP contribution in [0, 0.1) is 0 Å². The maximum atomic E-state index is 11.3. The minimum atomic E-state index is -0.435. The highest BCUT2D eigenvalue weighted by Crippen LogP contribution is 2.23. The van der Waals surface area contributed by atoms with Crippen LogP contribution >= 0.6 is 0 Å². The highest BCUT2D eigenvalue weighted by molar-refractivity contribution is 6.04. The number of carbonyl (C=O) groups is 1. The first-order valence-electron chi connectivity index (χ1n) is 5.79. The summed E-state index contributed by atoms with van der Waals surface area (Å²) in [5, 5.41) is 0. The van der Waals surface area contributed by atoms with Crippen molar-refractivity contribution in [2.45, 2.75) is 12.8 Å². The molecule has 1 fully saturated rings. The number of para-hydroxylation sites is 1. The van der Waals surface area contributed by atoms with Crippen LogP contribution in [0.4, 0.5) is 5.95 Å². The second kappa shape index (κ2) is 3.76. The molecule has 3 rings (SSSR count). The lowest BCUT2D eigenvalue weighted by Crippen LogP contribution is -2.18. The Bertz CT molecular complexity index is 569. The van der Waals surface area contributed by atoms with E-state index in [4.69, 9.17) is 5.73 Å². The molecule has 17 heavy (non-hydrogen) atoms. The molecule has 5 nitrogen and oxygen atoms in total. The zero-order valence-corrected chi connectivity index (χ0v) is 9.44. The number of nitrogens with one attached hydrogen (secondary N) is 1. The predicted molar refractivity (Wildman–Crippen MR) is 66.1 cm³/mol. The molecule has 0 bridgehead atoms. The van der Waals surface area contributed by atoms with Crippen molar-refractivity contribution in [1.82, 2.24) is 9.97 Å². The number of rotatable bonds is 2. The number of primary amides is 1. The van der Waals surface area contributed by atoms with E-state index in [-0.39, 0.29) is 0 Å². The second-order valence-electron chi connectivity index (χ2n) is 4.32. The number of nitrogens with two attached hydrogens (primary N) is 1. The van der Waals surface area contributed by atoms with Crippen LogP contribution in [0.5, 0.6) is 0 Å².